The molecule has 0 aliphatic heterocycles. The third-order valence-corrected chi connectivity index (χ3v) is 1.42. The highest BCUT2D eigenvalue weighted by Crippen LogP contribution is 2.18. The fourth-order valence-corrected chi connectivity index (χ4v) is 0.779. The van der Waals surface area contributed by atoms with Gasteiger partial charge in [-0.15, -0.1) is 0 Å². The highest BCUT2D eigenvalue weighted by molar-refractivity contribution is 6.19. The van der Waals surface area contributed by atoms with Crippen LogP contribution in [0.4, 0.5) is 0 Å². The summed E-state index contributed by atoms with van der Waals surface area (Å²) < 4.78 is 0. The molecule has 0 saturated carbocycles. The Balaban J connectivity index is 2.89. The van der Waals surface area contributed by atoms with Crippen molar-refractivity contribution in [1.29, 1.82) is 0 Å². The van der Waals surface area contributed by atoms with E-state index in [1.807, 2.05) is 0 Å². The summed E-state index contributed by atoms with van der Waals surface area (Å²) >= 11 is 5.33. The topological polar surface area (TPSA) is 40.5 Å². The van der Waals surface area contributed by atoms with Gasteiger partial charge >= 0.3 is 0 Å². The molecular weight excluding hydrogens is 152 g/mol. The van der Waals surface area contributed by atoms with Crippen LogP contribution in [0.2, 0.25) is 0 Å². The zero-order valence-electron chi connectivity index (χ0n) is 5.16. The molecule has 10 heavy (non-hydrogen) atoms. The van der Waals surface area contributed by atoms with E-state index in [1.165, 1.54) is 12.1 Å². The summed E-state index contributed by atoms with van der Waals surface area (Å²) in [4.78, 5) is 0. The predicted molar refractivity (Wildman–Crippen MR) is 38.9 cm³/mol. The van der Waals surface area contributed by atoms with Gasteiger partial charge < -0.3 is 10.2 Å². The number of phenolic OH excluding ortho intramolecular Hbond substituents is 1. The molecular formula is C7H7ClO2. The molecule has 0 aromatic heterocycles. The Labute approximate surface area is 63.7 Å². The summed E-state index contributed by atoms with van der Waals surface area (Å²) in [6.45, 7) is 0. The van der Waals surface area contributed by atoms with E-state index in [0.717, 1.165) is 0 Å². The van der Waals surface area contributed by atoms with Crippen LogP contribution in [-0.4, -0.2) is 10.2 Å². The van der Waals surface area contributed by atoms with E-state index < -0.39 is 5.56 Å². The van der Waals surface area contributed by atoms with E-state index in [4.69, 9.17) is 21.8 Å². The summed E-state index contributed by atoms with van der Waals surface area (Å²) in [6, 6.07) is 6.07. The van der Waals surface area contributed by atoms with Gasteiger partial charge in [0.05, 0.1) is 0 Å². The van der Waals surface area contributed by atoms with Crippen molar-refractivity contribution in [3.05, 3.63) is 29.8 Å². The van der Waals surface area contributed by atoms with Crippen molar-refractivity contribution >= 4 is 11.6 Å². The maximum Gasteiger partial charge on any atom is 0.153 e. The number of rotatable bonds is 1. The Morgan fingerprint density at radius 2 is 1.70 bits per heavy atom. The smallest absolute Gasteiger partial charge is 0.153 e. The Bertz CT molecular complexity index is 205. The van der Waals surface area contributed by atoms with Crippen LogP contribution in [0.3, 0.4) is 0 Å². The van der Waals surface area contributed by atoms with Crippen molar-refractivity contribution in [1.82, 2.24) is 0 Å². The van der Waals surface area contributed by atoms with Gasteiger partial charge in [0.25, 0.3) is 0 Å². The fourth-order valence-electron chi connectivity index (χ4n) is 0.633. The van der Waals surface area contributed by atoms with Crippen LogP contribution in [0.1, 0.15) is 11.1 Å². The van der Waals surface area contributed by atoms with Crippen LogP contribution in [0.25, 0.3) is 0 Å². The first-order chi connectivity index (χ1) is 4.70. The van der Waals surface area contributed by atoms with Gasteiger partial charge in [-0.25, -0.2) is 0 Å². The minimum absolute atomic E-state index is 0.168. The largest absolute Gasteiger partial charge is 0.508 e. The molecule has 1 unspecified atom stereocenters. The molecule has 2 N–H and O–H groups in total. The average Bonchev–Trinajstić information content (AvgIpc) is 1.88. The fraction of sp³-hybridized carbons (Fsp3) is 0.143. The lowest BCUT2D eigenvalue weighted by atomic mass is 10.2. The standard InChI is InChI=1S/C7H7ClO2/c8-7(10)5-1-3-6(9)4-2-5/h1-4,7,9-10H. The van der Waals surface area contributed by atoms with Crippen LogP contribution in [0, 0.1) is 0 Å². The number of aromatic hydroxyl groups is 1. The Kier molecular flexibility index (Phi) is 2.14. The number of halogens is 1. The molecule has 0 aliphatic carbocycles. The molecule has 0 bridgehead atoms. The number of aliphatic hydroxyl groups is 1. The SMILES string of the molecule is Oc1ccc(C(O)Cl)cc1. The first kappa shape index (κ1) is 7.38. The first-order valence-electron chi connectivity index (χ1n) is 2.81. The molecule has 3 heteroatoms. The second-order valence-corrected chi connectivity index (χ2v) is 2.34. The lowest BCUT2D eigenvalue weighted by Crippen LogP contribution is -1.85. The summed E-state index contributed by atoms with van der Waals surface area (Å²) in [6.07, 6.45) is 0. The second-order valence-electron chi connectivity index (χ2n) is 1.93. The van der Waals surface area contributed by atoms with Crippen molar-refractivity contribution in [2.75, 3.05) is 0 Å². The third kappa shape index (κ3) is 1.62. The summed E-state index contributed by atoms with van der Waals surface area (Å²) in [5, 5.41) is 17.6. The average molecular weight is 159 g/mol. The maximum absolute atomic E-state index is 8.81. The van der Waals surface area contributed by atoms with Gasteiger partial charge in [0.15, 0.2) is 5.56 Å². The third-order valence-electron chi connectivity index (χ3n) is 1.17. The van der Waals surface area contributed by atoms with Gasteiger partial charge in [-0.1, -0.05) is 23.7 Å². The molecule has 0 heterocycles. The summed E-state index contributed by atoms with van der Waals surface area (Å²) in [5.74, 6) is 0.168. The van der Waals surface area contributed by atoms with Crippen molar-refractivity contribution in [2.24, 2.45) is 0 Å². The van der Waals surface area contributed by atoms with Gasteiger partial charge in [0.2, 0.25) is 0 Å². The monoisotopic (exact) mass is 158 g/mol. The lowest BCUT2D eigenvalue weighted by Gasteiger charge is -2.00. The Morgan fingerprint density at radius 1 is 1.20 bits per heavy atom. The molecule has 2 nitrogen and oxygen atoms in total. The number of phenols is 1. The molecule has 0 spiro atoms. The van der Waals surface area contributed by atoms with Gasteiger partial charge in [-0.05, 0) is 17.7 Å². The maximum atomic E-state index is 8.81. The number of benzene rings is 1. The molecule has 54 valence electrons. The van der Waals surface area contributed by atoms with Gasteiger partial charge in [0, 0.05) is 0 Å². The molecule has 0 fully saturated rings. The summed E-state index contributed by atoms with van der Waals surface area (Å²) in [7, 11) is 0. The molecule has 1 aromatic rings. The van der Waals surface area contributed by atoms with E-state index in [2.05, 4.69) is 0 Å². The van der Waals surface area contributed by atoms with Crippen LogP contribution in [0.5, 0.6) is 5.75 Å². The molecule has 0 radical (unpaired) electrons. The van der Waals surface area contributed by atoms with Gasteiger partial charge in [-0.2, -0.15) is 0 Å². The summed E-state index contributed by atoms with van der Waals surface area (Å²) in [5.41, 5.74) is -0.403. The van der Waals surface area contributed by atoms with E-state index in [1.54, 1.807) is 12.1 Å². The zero-order valence-corrected chi connectivity index (χ0v) is 5.92. The molecule has 0 amide bonds. The molecule has 0 saturated heterocycles. The quantitative estimate of drug-likeness (QED) is 0.610. The predicted octanol–water partition coefficient (Wildman–Crippen LogP) is 1.62. The minimum atomic E-state index is -0.986. The molecule has 0 aliphatic rings. The van der Waals surface area contributed by atoms with Crippen LogP contribution in [0.15, 0.2) is 24.3 Å². The Hall–Kier alpha value is -0.730. The van der Waals surface area contributed by atoms with Gasteiger partial charge in [0.1, 0.15) is 5.75 Å². The lowest BCUT2D eigenvalue weighted by molar-refractivity contribution is 0.263. The number of hydrogen-bond donors (Lipinski definition) is 2. The van der Waals surface area contributed by atoms with E-state index in [9.17, 15) is 0 Å². The van der Waals surface area contributed by atoms with Crippen LogP contribution < -0.4 is 0 Å². The van der Waals surface area contributed by atoms with Crippen molar-refractivity contribution in [3.63, 3.8) is 0 Å². The highest BCUT2D eigenvalue weighted by Gasteiger charge is 2.00. The van der Waals surface area contributed by atoms with E-state index >= 15 is 0 Å². The zero-order chi connectivity index (χ0) is 7.56. The highest BCUT2D eigenvalue weighted by atomic mass is 35.5. The van der Waals surface area contributed by atoms with Crippen LogP contribution >= 0.6 is 11.6 Å². The van der Waals surface area contributed by atoms with E-state index in [0.29, 0.717) is 5.56 Å². The first-order valence-corrected chi connectivity index (χ1v) is 3.25. The van der Waals surface area contributed by atoms with Gasteiger partial charge in [-0.3, -0.25) is 0 Å². The minimum Gasteiger partial charge on any atom is -0.508 e. The van der Waals surface area contributed by atoms with Crippen molar-refractivity contribution < 1.29 is 10.2 Å². The van der Waals surface area contributed by atoms with E-state index in [-0.39, 0.29) is 5.75 Å². The molecule has 1 atom stereocenters. The number of alkyl halides is 1. The normalized spacial score (nSPS) is 13.0. The molecule has 1 rings (SSSR count). The van der Waals surface area contributed by atoms with Crippen molar-refractivity contribution in [2.45, 2.75) is 5.56 Å². The second kappa shape index (κ2) is 2.90. The molecule has 1 aromatic carbocycles. The number of aliphatic hydroxyl groups excluding tert-OH is 1. The van der Waals surface area contributed by atoms with Crippen molar-refractivity contribution in [3.8, 4) is 5.75 Å². The van der Waals surface area contributed by atoms with Crippen LogP contribution in [-0.2, 0) is 0 Å². The Morgan fingerprint density at radius 3 is 2.10 bits per heavy atom. The number of hydrogen-bond acceptors (Lipinski definition) is 2.